The van der Waals surface area contributed by atoms with Crippen molar-refractivity contribution in [1.29, 1.82) is 0 Å². The van der Waals surface area contributed by atoms with Crippen LogP contribution in [0.4, 0.5) is 5.13 Å². The lowest BCUT2D eigenvalue weighted by Crippen LogP contribution is -2.26. The average Bonchev–Trinajstić information content (AvgIpc) is 2.91. The molecule has 0 spiro atoms. The summed E-state index contributed by atoms with van der Waals surface area (Å²) in [5, 5.41) is 7.32. The fraction of sp³-hybridized carbons (Fsp3) is 0.200. The maximum absolute atomic E-state index is 12.2. The van der Waals surface area contributed by atoms with Crippen LogP contribution in [-0.2, 0) is 6.54 Å². The van der Waals surface area contributed by atoms with Gasteiger partial charge in [-0.3, -0.25) is 14.9 Å². The predicted octanol–water partition coefficient (Wildman–Crippen LogP) is 2.52. The molecule has 0 unspecified atom stereocenters. The van der Waals surface area contributed by atoms with Crippen molar-refractivity contribution in [2.45, 2.75) is 19.9 Å². The Morgan fingerprint density at radius 2 is 2.09 bits per heavy atom. The molecule has 0 bridgehead atoms. The van der Waals surface area contributed by atoms with Crippen LogP contribution in [0.5, 0.6) is 0 Å². The van der Waals surface area contributed by atoms with E-state index < -0.39 is 0 Å². The molecule has 0 fully saturated rings. The van der Waals surface area contributed by atoms with Crippen LogP contribution < -0.4 is 10.9 Å². The highest BCUT2D eigenvalue weighted by atomic mass is 32.1. The van der Waals surface area contributed by atoms with Crippen LogP contribution in [0.1, 0.15) is 23.8 Å². The van der Waals surface area contributed by atoms with Crippen molar-refractivity contribution in [3.05, 3.63) is 52.4 Å². The van der Waals surface area contributed by atoms with E-state index in [2.05, 4.69) is 15.4 Å². The molecule has 112 valence electrons. The molecule has 0 aliphatic carbocycles. The zero-order valence-corrected chi connectivity index (χ0v) is 12.8. The number of rotatable bonds is 4. The Bertz CT molecular complexity index is 851. The first kappa shape index (κ1) is 14.4. The molecule has 1 aromatic carbocycles. The molecule has 0 atom stereocenters. The Kier molecular flexibility index (Phi) is 3.97. The Hall–Kier alpha value is -2.54. The molecule has 0 aliphatic heterocycles. The van der Waals surface area contributed by atoms with E-state index in [1.807, 2.05) is 31.2 Å². The van der Waals surface area contributed by atoms with E-state index in [-0.39, 0.29) is 17.2 Å². The van der Waals surface area contributed by atoms with E-state index in [4.69, 9.17) is 0 Å². The maximum Gasteiger partial charge on any atom is 0.277 e. The van der Waals surface area contributed by atoms with Gasteiger partial charge < -0.3 is 0 Å². The number of anilines is 1. The molecule has 0 saturated heterocycles. The van der Waals surface area contributed by atoms with E-state index in [1.54, 1.807) is 0 Å². The number of nitrogens with zero attached hydrogens (tertiary/aromatic N) is 3. The van der Waals surface area contributed by atoms with Gasteiger partial charge in [-0.2, -0.15) is 5.10 Å². The van der Waals surface area contributed by atoms with Crippen molar-refractivity contribution in [2.75, 3.05) is 5.32 Å². The number of benzene rings is 1. The fourth-order valence-electron chi connectivity index (χ4n) is 2.03. The van der Waals surface area contributed by atoms with Crippen LogP contribution in [0.2, 0.25) is 0 Å². The van der Waals surface area contributed by atoms with Gasteiger partial charge in [0.25, 0.3) is 11.5 Å². The second-order valence-electron chi connectivity index (χ2n) is 4.72. The fourth-order valence-corrected chi connectivity index (χ4v) is 2.89. The number of carbonyl (C=O) groups is 1. The number of aromatic nitrogens is 3. The normalized spacial score (nSPS) is 10.8. The first-order valence-electron chi connectivity index (χ1n) is 6.92. The number of para-hydroxylation sites is 1. The summed E-state index contributed by atoms with van der Waals surface area (Å²) in [4.78, 5) is 28.2. The van der Waals surface area contributed by atoms with Gasteiger partial charge in [0.05, 0.1) is 10.2 Å². The van der Waals surface area contributed by atoms with Crippen molar-refractivity contribution in [3.63, 3.8) is 0 Å². The van der Waals surface area contributed by atoms with Gasteiger partial charge in [0.1, 0.15) is 5.69 Å². The largest absolute Gasteiger partial charge is 0.296 e. The van der Waals surface area contributed by atoms with Crippen LogP contribution in [0.25, 0.3) is 10.2 Å². The number of aryl methyl sites for hydroxylation is 1. The second-order valence-corrected chi connectivity index (χ2v) is 5.75. The molecule has 3 rings (SSSR count). The minimum absolute atomic E-state index is 0.201. The Morgan fingerprint density at radius 3 is 2.86 bits per heavy atom. The standard InChI is InChI=1S/C15H14N4O2S/c1-2-9-19-13(20)8-7-11(18-19)14(21)17-15-16-10-5-3-4-6-12(10)22-15/h3-8H,2,9H2,1H3,(H,16,17,21). The molecule has 1 amide bonds. The average molecular weight is 314 g/mol. The summed E-state index contributed by atoms with van der Waals surface area (Å²) < 4.78 is 2.30. The lowest BCUT2D eigenvalue weighted by molar-refractivity contribution is 0.102. The van der Waals surface area contributed by atoms with E-state index in [1.165, 1.54) is 28.2 Å². The molecule has 2 heterocycles. The monoisotopic (exact) mass is 314 g/mol. The van der Waals surface area contributed by atoms with Gasteiger partial charge in [-0.25, -0.2) is 9.67 Å². The first-order valence-corrected chi connectivity index (χ1v) is 7.74. The number of hydrogen-bond donors (Lipinski definition) is 1. The zero-order valence-electron chi connectivity index (χ0n) is 11.9. The van der Waals surface area contributed by atoms with Crippen molar-refractivity contribution < 1.29 is 4.79 Å². The van der Waals surface area contributed by atoms with E-state index in [9.17, 15) is 9.59 Å². The highest BCUT2D eigenvalue weighted by Crippen LogP contribution is 2.25. The summed E-state index contributed by atoms with van der Waals surface area (Å²) in [6, 6.07) is 10.4. The SMILES string of the molecule is CCCn1nc(C(=O)Nc2nc3ccccc3s2)ccc1=O. The van der Waals surface area contributed by atoms with Gasteiger partial charge in [-0.05, 0) is 24.6 Å². The molecule has 0 aliphatic rings. The van der Waals surface area contributed by atoms with E-state index in [0.717, 1.165) is 16.6 Å². The topological polar surface area (TPSA) is 76.9 Å². The van der Waals surface area contributed by atoms with Crippen molar-refractivity contribution in [2.24, 2.45) is 0 Å². The van der Waals surface area contributed by atoms with Gasteiger partial charge in [0.2, 0.25) is 0 Å². The number of nitrogens with one attached hydrogen (secondary N) is 1. The minimum Gasteiger partial charge on any atom is -0.296 e. The van der Waals surface area contributed by atoms with Gasteiger partial charge in [-0.1, -0.05) is 30.4 Å². The van der Waals surface area contributed by atoms with Crippen LogP contribution >= 0.6 is 11.3 Å². The molecular weight excluding hydrogens is 300 g/mol. The molecule has 7 heteroatoms. The summed E-state index contributed by atoms with van der Waals surface area (Å²) >= 11 is 1.40. The number of hydrogen-bond acceptors (Lipinski definition) is 5. The Balaban J connectivity index is 1.84. The third-order valence-corrected chi connectivity index (χ3v) is 4.00. The third-order valence-electron chi connectivity index (χ3n) is 3.05. The molecule has 3 aromatic rings. The summed E-state index contributed by atoms with van der Waals surface area (Å²) in [5.41, 5.74) is 0.831. The quantitative estimate of drug-likeness (QED) is 0.802. The molecule has 1 N–H and O–H groups in total. The Labute approximate surface area is 130 Å². The molecule has 2 aromatic heterocycles. The summed E-state index contributed by atoms with van der Waals surface area (Å²) in [6.07, 6.45) is 0.774. The van der Waals surface area contributed by atoms with Crippen LogP contribution in [0, 0.1) is 0 Å². The third kappa shape index (κ3) is 2.89. The smallest absolute Gasteiger partial charge is 0.277 e. The lowest BCUT2D eigenvalue weighted by atomic mass is 10.3. The van der Waals surface area contributed by atoms with E-state index in [0.29, 0.717) is 11.7 Å². The van der Waals surface area contributed by atoms with Crippen LogP contribution in [-0.4, -0.2) is 20.7 Å². The molecule has 0 saturated carbocycles. The van der Waals surface area contributed by atoms with Gasteiger partial charge in [0, 0.05) is 12.6 Å². The van der Waals surface area contributed by atoms with Gasteiger partial charge in [-0.15, -0.1) is 0 Å². The van der Waals surface area contributed by atoms with E-state index >= 15 is 0 Å². The molecular formula is C15H14N4O2S. The van der Waals surface area contributed by atoms with Crippen molar-refractivity contribution in [1.82, 2.24) is 14.8 Å². The molecule has 0 radical (unpaired) electrons. The number of fused-ring (bicyclic) bond motifs is 1. The predicted molar refractivity (Wildman–Crippen MR) is 86.4 cm³/mol. The Morgan fingerprint density at radius 1 is 1.27 bits per heavy atom. The zero-order chi connectivity index (χ0) is 15.5. The highest BCUT2D eigenvalue weighted by molar-refractivity contribution is 7.22. The maximum atomic E-state index is 12.2. The van der Waals surface area contributed by atoms with Crippen LogP contribution in [0.15, 0.2) is 41.2 Å². The minimum atomic E-state index is -0.371. The molecule has 6 nitrogen and oxygen atoms in total. The van der Waals surface area contributed by atoms with Gasteiger partial charge in [0.15, 0.2) is 5.13 Å². The summed E-state index contributed by atoms with van der Waals surface area (Å²) in [5.74, 6) is -0.371. The second kappa shape index (κ2) is 6.07. The summed E-state index contributed by atoms with van der Waals surface area (Å²) in [6.45, 7) is 2.43. The highest BCUT2D eigenvalue weighted by Gasteiger charge is 2.12. The van der Waals surface area contributed by atoms with Crippen molar-refractivity contribution in [3.8, 4) is 0 Å². The van der Waals surface area contributed by atoms with Crippen LogP contribution in [0.3, 0.4) is 0 Å². The summed E-state index contributed by atoms with van der Waals surface area (Å²) in [7, 11) is 0. The van der Waals surface area contributed by atoms with Gasteiger partial charge >= 0.3 is 0 Å². The van der Waals surface area contributed by atoms with Crippen molar-refractivity contribution >= 4 is 32.6 Å². The lowest BCUT2D eigenvalue weighted by Gasteiger charge is -2.05. The first-order chi connectivity index (χ1) is 10.7. The number of carbonyl (C=O) groups excluding carboxylic acids is 1. The number of thiazole rings is 1. The molecule has 22 heavy (non-hydrogen) atoms. The number of amides is 1.